The van der Waals surface area contributed by atoms with Gasteiger partial charge in [0.2, 0.25) is 0 Å². The predicted molar refractivity (Wildman–Crippen MR) is 115 cm³/mol. The summed E-state index contributed by atoms with van der Waals surface area (Å²) in [4.78, 5) is 62.3. The number of rotatable bonds is 14. The predicted octanol–water partition coefficient (Wildman–Crippen LogP) is 0.275. The lowest BCUT2D eigenvalue weighted by Gasteiger charge is -2.21. The van der Waals surface area contributed by atoms with Crippen LogP contribution >= 0.6 is 23.5 Å². The summed E-state index contributed by atoms with van der Waals surface area (Å²) in [5.74, 6) is 0. The summed E-state index contributed by atoms with van der Waals surface area (Å²) >= 11 is 0. The molecule has 35 heavy (non-hydrogen) atoms. The van der Waals surface area contributed by atoms with Gasteiger partial charge in [0.15, 0.2) is 0 Å². The molecule has 200 valence electrons. The van der Waals surface area contributed by atoms with Crippen molar-refractivity contribution in [3.63, 3.8) is 0 Å². The van der Waals surface area contributed by atoms with Crippen LogP contribution in [0, 0.1) is 0 Å². The van der Waals surface area contributed by atoms with Gasteiger partial charge in [-0.2, -0.15) is 8.62 Å². The Labute approximate surface area is 197 Å². The van der Waals surface area contributed by atoms with E-state index in [0.717, 1.165) is 4.57 Å². The first-order valence-corrected chi connectivity index (χ1v) is 14.3. The number of phosphoric acid groups is 3. The molecule has 5 N–H and O–H groups in total. The third kappa shape index (κ3) is 9.59. The van der Waals surface area contributed by atoms with Crippen molar-refractivity contribution in [1.82, 2.24) is 9.55 Å². The molecule has 0 bridgehead atoms. The Bertz CT molecular complexity index is 1140. The third-order valence-corrected chi connectivity index (χ3v) is 8.13. The second kappa shape index (κ2) is 12.3. The van der Waals surface area contributed by atoms with Crippen LogP contribution in [0.4, 0.5) is 0 Å². The molecule has 1 aliphatic heterocycles. The van der Waals surface area contributed by atoms with Crippen molar-refractivity contribution >= 4 is 23.5 Å². The average Bonchev–Trinajstić information content (AvgIpc) is 3.10. The van der Waals surface area contributed by atoms with Gasteiger partial charge in [-0.15, -0.1) is 6.58 Å². The zero-order valence-corrected chi connectivity index (χ0v) is 20.9. The maximum Gasteiger partial charge on any atom is 0.490 e. The first-order valence-electron chi connectivity index (χ1n) is 9.74. The fraction of sp³-hybridized carbons (Fsp3) is 0.600. The molecule has 0 radical (unpaired) electrons. The molecule has 1 saturated heterocycles. The van der Waals surface area contributed by atoms with Gasteiger partial charge in [0.05, 0.1) is 19.3 Å². The molecular formula is C15H25N2O15P3. The number of aromatic amines is 1. The Kier molecular flexibility index (Phi) is 10.5. The number of hydrogen-bond acceptors (Lipinski definition) is 11. The second-order valence-corrected chi connectivity index (χ2v) is 11.3. The number of hydrogen-bond donors (Lipinski definition) is 5. The summed E-state index contributed by atoms with van der Waals surface area (Å²) in [6.07, 6.45) is -0.0203. The number of aryl methyl sites for hydroxylation is 1. The molecule has 5 atom stereocenters. The molecule has 0 aliphatic carbocycles. The van der Waals surface area contributed by atoms with Crippen molar-refractivity contribution in [1.29, 1.82) is 0 Å². The molecule has 17 nitrogen and oxygen atoms in total. The molecule has 0 saturated carbocycles. The topological polar surface area (TPSA) is 242 Å². The van der Waals surface area contributed by atoms with E-state index in [9.17, 15) is 33.1 Å². The molecule has 0 amide bonds. The average molecular weight is 566 g/mol. The highest BCUT2D eigenvalue weighted by molar-refractivity contribution is 7.66. The minimum absolute atomic E-state index is 0.00300. The number of phosphoric ester groups is 1. The standard InChI is InChI=1S/C15H25N2O15P3/c1-3-5-27-9-28-11-6-13(17-7-10(4-2)14(18)16-15(17)19)30-12(11)8-29-34(23,24)32-35(25,26)31-33(20,21)22/h3,7,11-13H,1,4-6,8-9H2,2H3,(H,23,24)(H,25,26)(H,16,18,19)(H2,20,21,22)/t11?,12-,13-/m1/s1. The minimum Gasteiger partial charge on any atom is -0.351 e. The number of H-pyrrole nitrogens is 1. The van der Waals surface area contributed by atoms with E-state index in [-0.39, 0.29) is 25.4 Å². The van der Waals surface area contributed by atoms with Crippen LogP contribution in [0.1, 0.15) is 25.1 Å². The van der Waals surface area contributed by atoms with Crippen molar-refractivity contribution in [2.75, 3.05) is 20.0 Å². The van der Waals surface area contributed by atoms with Crippen LogP contribution in [0.15, 0.2) is 28.4 Å². The molecule has 2 heterocycles. The van der Waals surface area contributed by atoms with Crippen LogP contribution < -0.4 is 11.2 Å². The highest BCUT2D eigenvalue weighted by Gasteiger charge is 2.43. The van der Waals surface area contributed by atoms with E-state index >= 15 is 0 Å². The van der Waals surface area contributed by atoms with Crippen LogP contribution in [0.5, 0.6) is 0 Å². The first kappa shape index (κ1) is 29.9. The van der Waals surface area contributed by atoms with Crippen molar-refractivity contribution in [3.8, 4) is 0 Å². The quantitative estimate of drug-likeness (QED) is 0.0878. The van der Waals surface area contributed by atoms with Gasteiger partial charge < -0.3 is 33.8 Å². The van der Waals surface area contributed by atoms with Crippen LogP contribution in [-0.2, 0) is 47.5 Å². The summed E-state index contributed by atoms with van der Waals surface area (Å²) in [7, 11) is -16.7. The highest BCUT2D eigenvalue weighted by atomic mass is 31.3. The largest absolute Gasteiger partial charge is 0.490 e. The molecule has 20 heteroatoms. The number of nitrogens with zero attached hydrogens (tertiary/aromatic N) is 1. The summed E-state index contributed by atoms with van der Waals surface area (Å²) in [6.45, 7) is 4.24. The summed E-state index contributed by atoms with van der Waals surface area (Å²) in [5.41, 5.74) is -1.06. The Morgan fingerprint density at radius 1 is 1.20 bits per heavy atom. The van der Waals surface area contributed by atoms with Crippen molar-refractivity contribution in [2.24, 2.45) is 0 Å². The molecule has 1 fully saturated rings. The fourth-order valence-electron chi connectivity index (χ4n) is 2.93. The van der Waals surface area contributed by atoms with Crippen LogP contribution in [0.25, 0.3) is 0 Å². The molecule has 1 aromatic heterocycles. The highest BCUT2D eigenvalue weighted by Crippen LogP contribution is 2.66. The second-order valence-electron chi connectivity index (χ2n) is 6.91. The fourth-order valence-corrected chi connectivity index (χ4v) is 5.96. The smallest absolute Gasteiger partial charge is 0.351 e. The van der Waals surface area contributed by atoms with Crippen molar-refractivity contribution in [3.05, 3.63) is 45.3 Å². The van der Waals surface area contributed by atoms with Crippen LogP contribution in [0.3, 0.4) is 0 Å². The Morgan fingerprint density at radius 2 is 1.89 bits per heavy atom. The third-order valence-electron chi connectivity index (χ3n) is 4.33. The molecule has 1 aliphatic rings. The monoisotopic (exact) mass is 566 g/mol. The number of aromatic nitrogens is 2. The van der Waals surface area contributed by atoms with E-state index in [0.29, 0.717) is 6.42 Å². The Morgan fingerprint density at radius 3 is 2.49 bits per heavy atom. The zero-order valence-electron chi connectivity index (χ0n) is 18.2. The van der Waals surface area contributed by atoms with Crippen LogP contribution in [-0.4, -0.2) is 61.3 Å². The van der Waals surface area contributed by atoms with Gasteiger partial charge in [-0.25, -0.2) is 18.5 Å². The normalized spacial score (nSPS) is 24.1. The van der Waals surface area contributed by atoms with Gasteiger partial charge in [-0.1, -0.05) is 13.0 Å². The summed E-state index contributed by atoms with van der Waals surface area (Å²) in [5, 5.41) is 0. The van der Waals surface area contributed by atoms with Crippen molar-refractivity contribution < 1.29 is 60.6 Å². The molecule has 1 aromatic rings. The Hall–Kier alpha value is -1.29. The SMILES string of the molecule is C=CCOCOC1C[C@H](n2cc(CC)c(=O)[nH]c2=O)O[C@@H]1COP(=O)(O)OP(=O)(O)OP(=O)(O)O. The van der Waals surface area contributed by atoms with Gasteiger partial charge >= 0.3 is 29.2 Å². The molecule has 0 aromatic carbocycles. The molecular weight excluding hydrogens is 541 g/mol. The molecule has 3 unspecified atom stereocenters. The maximum atomic E-state index is 12.3. The van der Waals surface area contributed by atoms with E-state index in [1.54, 1.807) is 6.92 Å². The molecule has 2 rings (SSSR count). The van der Waals surface area contributed by atoms with E-state index in [1.165, 1.54) is 12.3 Å². The van der Waals surface area contributed by atoms with Gasteiger partial charge in [-0.05, 0) is 6.42 Å². The van der Waals surface area contributed by atoms with E-state index in [2.05, 4.69) is 24.7 Å². The van der Waals surface area contributed by atoms with E-state index in [1.807, 2.05) is 0 Å². The van der Waals surface area contributed by atoms with Crippen molar-refractivity contribution in [2.45, 2.75) is 38.2 Å². The van der Waals surface area contributed by atoms with Gasteiger partial charge in [0, 0.05) is 18.2 Å². The first-order chi connectivity index (χ1) is 16.2. The summed E-state index contributed by atoms with van der Waals surface area (Å²) < 4.78 is 63.6. The maximum absolute atomic E-state index is 12.3. The Balaban J connectivity index is 2.16. The molecule has 0 spiro atoms. The summed E-state index contributed by atoms with van der Waals surface area (Å²) in [6, 6.07) is 0. The van der Waals surface area contributed by atoms with Gasteiger partial charge in [0.25, 0.3) is 5.56 Å². The van der Waals surface area contributed by atoms with Gasteiger partial charge in [0.1, 0.15) is 19.1 Å². The van der Waals surface area contributed by atoms with Crippen LogP contribution in [0.2, 0.25) is 0 Å². The lowest BCUT2D eigenvalue weighted by Crippen LogP contribution is -2.34. The van der Waals surface area contributed by atoms with E-state index < -0.39 is 59.8 Å². The minimum atomic E-state index is -5.70. The number of ether oxygens (including phenoxy) is 3. The van der Waals surface area contributed by atoms with E-state index in [4.69, 9.17) is 24.0 Å². The number of nitrogens with one attached hydrogen (secondary N) is 1. The lowest BCUT2D eigenvalue weighted by molar-refractivity contribution is -0.113. The lowest BCUT2D eigenvalue weighted by atomic mass is 10.2. The zero-order chi connectivity index (χ0) is 26.4. The van der Waals surface area contributed by atoms with Gasteiger partial charge in [-0.3, -0.25) is 18.9 Å².